The highest BCUT2D eigenvalue weighted by atomic mass is 16.5. The summed E-state index contributed by atoms with van der Waals surface area (Å²) in [6, 6.07) is 20.5. The summed E-state index contributed by atoms with van der Waals surface area (Å²) < 4.78 is 20.3. The maximum atomic E-state index is 13.1. The number of nitrogens with zero attached hydrogens (tertiary/aromatic N) is 2. The molecule has 0 amide bonds. The van der Waals surface area contributed by atoms with Crippen LogP contribution in [0.25, 0.3) is 11.3 Å². The SMILES string of the molecule is COC(=O)C1=C(C(=O)OC)N(c2ccc(-c3ccc(C(=O)OC)o3)cc2)C(N)=C(C#N)C1c1ccccc1. The van der Waals surface area contributed by atoms with Crippen LogP contribution in [0, 0.1) is 11.3 Å². The van der Waals surface area contributed by atoms with Crippen molar-refractivity contribution in [3.63, 3.8) is 0 Å². The van der Waals surface area contributed by atoms with E-state index in [4.69, 9.17) is 19.6 Å². The van der Waals surface area contributed by atoms with Crippen LogP contribution < -0.4 is 10.6 Å². The number of hydrogen-bond acceptors (Lipinski definition) is 10. The number of nitriles is 1. The number of allylic oxidation sites excluding steroid dienone is 1. The minimum Gasteiger partial charge on any atom is -0.466 e. The Kier molecular flexibility index (Phi) is 7.30. The predicted molar refractivity (Wildman–Crippen MR) is 135 cm³/mol. The lowest BCUT2D eigenvalue weighted by molar-refractivity contribution is -0.139. The number of esters is 3. The summed E-state index contributed by atoms with van der Waals surface area (Å²) in [7, 11) is 3.62. The lowest BCUT2D eigenvalue weighted by Gasteiger charge is -2.35. The molecule has 38 heavy (non-hydrogen) atoms. The zero-order valence-electron chi connectivity index (χ0n) is 20.8. The van der Waals surface area contributed by atoms with E-state index in [-0.39, 0.29) is 28.4 Å². The third-order valence-corrected chi connectivity index (χ3v) is 6.01. The van der Waals surface area contributed by atoms with Crippen LogP contribution in [0.4, 0.5) is 5.69 Å². The van der Waals surface area contributed by atoms with E-state index in [1.807, 2.05) is 0 Å². The smallest absolute Gasteiger partial charge is 0.373 e. The monoisotopic (exact) mass is 513 g/mol. The molecule has 2 heterocycles. The van der Waals surface area contributed by atoms with E-state index < -0.39 is 23.8 Å². The molecule has 0 radical (unpaired) electrons. The van der Waals surface area contributed by atoms with E-state index in [1.54, 1.807) is 60.7 Å². The van der Waals surface area contributed by atoms with Crippen LogP contribution in [0.5, 0.6) is 0 Å². The van der Waals surface area contributed by atoms with E-state index in [9.17, 15) is 19.6 Å². The van der Waals surface area contributed by atoms with Crippen LogP contribution in [-0.4, -0.2) is 39.2 Å². The van der Waals surface area contributed by atoms with Crippen molar-refractivity contribution >= 4 is 23.6 Å². The molecule has 4 rings (SSSR count). The first-order valence-electron chi connectivity index (χ1n) is 11.3. The van der Waals surface area contributed by atoms with Crippen LogP contribution in [-0.2, 0) is 23.8 Å². The summed E-state index contributed by atoms with van der Waals surface area (Å²) in [6.45, 7) is 0. The third kappa shape index (κ3) is 4.49. The molecule has 0 fully saturated rings. The van der Waals surface area contributed by atoms with Crippen molar-refractivity contribution in [3.05, 3.63) is 101 Å². The van der Waals surface area contributed by atoms with Gasteiger partial charge in [0.25, 0.3) is 0 Å². The molecule has 192 valence electrons. The summed E-state index contributed by atoms with van der Waals surface area (Å²) in [4.78, 5) is 39.3. The zero-order chi connectivity index (χ0) is 27.4. The molecular formula is C28H23N3O7. The number of hydrogen-bond donors (Lipinski definition) is 1. The van der Waals surface area contributed by atoms with Gasteiger partial charge in [-0.3, -0.25) is 4.90 Å². The maximum absolute atomic E-state index is 13.1. The van der Waals surface area contributed by atoms with Gasteiger partial charge < -0.3 is 24.4 Å². The molecule has 2 N–H and O–H groups in total. The fraction of sp³-hybridized carbons (Fsp3) is 0.143. The lowest BCUT2D eigenvalue weighted by Crippen LogP contribution is -2.40. The van der Waals surface area contributed by atoms with Gasteiger partial charge in [-0.2, -0.15) is 5.26 Å². The highest BCUT2D eigenvalue weighted by Gasteiger charge is 2.42. The first-order valence-corrected chi connectivity index (χ1v) is 11.3. The number of carbonyl (C=O) groups excluding carboxylic acids is 3. The molecule has 3 aromatic rings. The summed E-state index contributed by atoms with van der Waals surface area (Å²) >= 11 is 0. The van der Waals surface area contributed by atoms with E-state index in [0.717, 1.165) is 0 Å². The fourth-order valence-electron chi connectivity index (χ4n) is 4.26. The number of carbonyl (C=O) groups is 3. The molecule has 10 nitrogen and oxygen atoms in total. The van der Waals surface area contributed by atoms with Gasteiger partial charge in [0, 0.05) is 11.3 Å². The van der Waals surface area contributed by atoms with Gasteiger partial charge in [0.15, 0.2) is 0 Å². The molecule has 1 atom stereocenters. The van der Waals surface area contributed by atoms with Crippen molar-refractivity contribution in [3.8, 4) is 17.4 Å². The summed E-state index contributed by atoms with van der Waals surface area (Å²) in [5, 5.41) is 10.1. The van der Waals surface area contributed by atoms with Gasteiger partial charge in [-0.1, -0.05) is 30.3 Å². The van der Waals surface area contributed by atoms with Crippen LogP contribution in [0.1, 0.15) is 22.0 Å². The second-order valence-corrected chi connectivity index (χ2v) is 8.04. The molecule has 1 aromatic heterocycles. The van der Waals surface area contributed by atoms with Crippen molar-refractivity contribution in [2.24, 2.45) is 5.73 Å². The third-order valence-electron chi connectivity index (χ3n) is 6.01. The van der Waals surface area contributed by atoms with Crippen LogP contribution >= 0.6 is 0 Å². The Bertz CT molecular complexity index is 1500. The highest BCUT2D eigenvalue weighted by Crippen LogP contribution is 2.43. The van der Waals surface area contributed by atoms with Crippen molar-refractivity contribution < 1.29 is 33.0 Å². The number of methoxy groups -OCH3 is 3. The maximum Gasteiger partial charge on any atom is 0.373 e. The summed E-state index contributed by atoms with van der Waals surface area (Å²) in [5.41, 5.74) is 7.85. The van der Waals surface area contributed by atoms with Crippen molar-refractivity contribution in [1.29, 1.82) is 5.26 Å². The van der Waals surface area contributed by atoms with Gasteiger partial charge in [0.1, 0.15) is 17.3 Å². The Balaban J connectivity index is 1.89. The lowest BCUT2D eigenvalue weighted by atomic mass is 9.81. The minimum atomic E-state index is -0.960. The number of benzene rings is 2. The Morgan fingerprint density at radius 2 is 1.50 bits per heavy atom. The topological polar surface area (TPSA) is 145 Å². The Labute approximate surface area is 218 Å². The van der Waals surface area contributed by atoms with Crippen LogP contribution in [0.15, 0.2) is 93.8 Å². The number of anilines is 1. The van der Waals surface area contributed by atoms with Crippen molar-refractivity contribution in [1.82, 2.24) is 0 Å². The normalized spacial score (nSPS) is 15.1. The van der Waals surface area contributed by atoms with E-state index in [2.05, 4.69) is 10.8 Å². The molecule has 0 bridgehead atoms. The summed E-state index contributed by atoms with van der Waals surface area (Å²) in [6.07, 6.45) is 0. The molecule has 0 saturated carbocycles. The molecule has 10 heteroatoms. The highest BCUT2D eigenvalue weighted by molar-refractivity contribution is 6.06. The second kappa shape index (κ2) is 10.8. The molecule has 1 aliphatic heterocycles. The Hall–Kier alpha value is -5.30. The van der Waals surface area contributed by atoms with Crippen LogP contribution in [0.2, 0.25) is 0 Å². The Morgan fingerprint density at radius 1 is 0.868 bits per heavy atom. The molecule has 0 saturated heterocycles. The molecule has 2 aromatic carbocycles. The zero-order valence-corrected chi connectivity index (χ0v) is 20.8. The fourth-order valence-corrected chi connectivity index (χ4v) is 4.26. The number of rotatable bonds is 6. The second-order valence-electron chi connectivity index (χ2n) is 8.04. The largest absolute Gasteiger partial charge is 0.466 e. The van der Waals surface area contributed by atoms with Gasteiger partial charge in [0.05, 0.1) is 44.5 Å². The van der Waals surface area contributed by atoms with E-state index in [0.29, 0.717) is 22.6 Å². The van der Waals surface area contributed by atoms with Gasteiger partial charge in [-0.05, 0) is 42.0 Å². The standard InChI is InChI=1S/C28H23N3O7/c1-35-26(32)21-14-13-20(38-21)16-9-11-18(12-10-16)31-24(28(34)37-3)23(27(33)36-2)22(19(15-29)25(31)30)17-7-5-4-6-8-17/h4-14,22H,30H2,1-3H3. The predicted octanol–water partition coefficient (Wildman–Crippen LogP) is 3.63. The number of ether oxygens (including phenoxy) is 3. The Morgan fingerprint density at radius 3 is 2.08 bits per heavy atom. The quantitative estimate of drug-likeness (QED) is 0.383. The van der Waals surface area contributed by atoms with Crippen LogP contribution in [0.3, 0.4) is 0 Å². The molecule has 0 spiro atoms. The van der Waals surface area contributed by atoms with E-state index >= 15 is 0 Å². The van der Waals surface area contributed by atoms with Gasteiger partial charge >= 0.3 is 17.9 Å². The number of furan rings is 1. The number of nitrogens with two attached hydrogens (primary N) is 1. The first kappa shape index (κ1) is 25.8. The average Bonchev–Trinajstić information content (AvgIpc) is 3.46. The summed E-state index contributed by atoms with van der Waals surface area (Å²) in [5.74, 6) is -2.83. The molecule has 1 aliphatic rings. The van der Waals surface area contributed by atoms with Gasteiger partial charge in [0.2, 0.25) is 5.76 Å². The van der Waals surface area contributed by atoms with E-state index in [1.165, 1.54) is 32.3 Å². The van der Waals surface area contributed by atoms with Crippen molar-refractivity contribution in [2.45, 2.75) is 5.92 Å². The van der Waals surface area contributed by atoms with Gasteiger partial charge in [-0.25, -0.2) is 14.4 Å². The molecule has 1 unspecified atom stereocenters. The molecular weight excluding hydrogens is 490 g/mol. The average molecular weight is 514 g/mol. The first-order chi connectivity index (χ1) is 18.4. The minimum absolute atomic E-state index is 0.0408. The van der Waals surface area contributed by atoms with Gasteiger partial charge in [-0.15, -0.1) is 0 Å². The molecule has 0 aliphatic carbocycles. The van der Waals surface area contributed by atoms with Crippen molar-refractivity contribution in [2.75, 3.05) is 26.2 Å².